The minimum atomic E-state index is -0.529. The third-order valence-electron chi connectivity index (χ3n) is 2.13. The Labute approximate surface area is 108 Å². The molecule has 0 unspecified atom stereocenters. The maximum absolute atomic E-state index is 11.6. The number of pyridine rings is 1. The Kier molecular flexibility index (Phi) is 4.03. The van der Waals surface area contributed by atoms with Crippen molar-refractivity contribution < 1.29 is 9.59 Å². The Morgan fingerprint density at radius 2 is 2.11 bits per heavy atom. The van der Waals surface area contributed by atoms with Crippen LogP contribution in [0, 0.1) is 0 Å². The summed E-state index contributed by atoms with van der Waals surface area (Å²) in [4.78, 5) is 27.6. The second-order valence-corrected chi connectivity index (χ2v) is 4.38. The molecular weight excluding hydrogens is 250 g/mol. The zero-order valence-electron chi connectivity index (χ0n) is 9.42. The van der Waals surface area contributed by atoms with Crippen LogP contribution < -0.4 is 10.6 Å². The van der Waals surface area contributed by atoms with Gasteiger partial charge in [0.05, 0.1) is 17.1 Å². The van der Waals surface area contributed by atoms with E-state index in [1.165, 1.54) is 11.3 Å². The van der Waals surface area contributed by atoms with Crippen molar-refractivity contribution in [3.05, 3.63) is 52.5 Å². The number of nitrogens with one attached hydrogen (secondary N) is 2. The zero-order valence-corrected chi connectivity index (χ0v) is 10.2. The first kappa shape index (κ1) is 12.3. The van der Waals surface area contributed by atoms with E-state index in [0.717, 1.165) is 5.69 Å². The fraction of sp³-hybridized carbons (Fsp3) is 0.0833. The number of hydrogen-bond donors (Lipinski definition) is 2. The number of nitrogens with zero attached hydrogens (tertiary/aromatic N) is 1. The highest BCUT2D eigenvalue weighted by atomic mass is 32.1. The molecule has 0 spiro atoms. The minimum Gasteiger partial charge on any atom is -0.332 e. The highest BCUT2D eigenvalue weighted by Crippen LogP contribution is 2.07. The molecule has 0 aliphatic carbocycles. The van der Waals surface area contributed by atoms with E-state index in [4.69, 9.17) is 0 Å². The number of rotatable bonds is 3. The first-order valence-electron chi connectivity index (χ1n) is 5.28. The molecule has 18 heavy (non-hydrogen) atoms. The molecule has 0 saturated carbocycles. The topological polar surface area (TPSA) is 71.1 Å². The maximum atomic E-state index is 11.6. The third-order valence-corrected chi connectivity index (χ3v) is 3.00. The standard InChI is InChI=1S/C12H11N3O2S/c16-11(10-5-3-7-18-10)15-12(17)14-8-9-4-1-2-6-13-9/h1-7H,8H2,(H2,14,15,16,17). The molecule has 5 nitrogen and oxygen atoms in total. The van der Waals surface area contributed by atoms with Crippen LogP contribution in [0.3, 0.4) is 0 Å². The van der Waals surface area contributed by atoms with Crippen LogP contribution in [-0.2, 0) is 6.54 Å². The van der Waals surface area contributed by atoms with Crippen LogP contribution in [0.15, 0.2) is 41.9 Å². The van der Waals surface area contributed by atoms with Gasteiger partial charge in [-0.15, -0.1) is 11.3 Å². The van der Waals surface area contributed by atoms with E-state index in [1.807, 2.05) is 6.07 Å². The van der Waals surface area contributed by atoms with E-state index in [9.17, 15) is 9.59 Å². The largest absolute Gasteiger partial charge is 0.332 e. The molecule has 2 aromatic rings. The molecule has 0 atom stereocenters. The average Bonchev–Trinajstić information content (AvgIpc) is 2.91. The molecule has 2 aromatic heterocycles. The smallest absolute Gasteiger partial charge is 0.322 e. The molecule has 3 amide bonds. The van der Waals surface area contributed by atoms with E-state index < -0.39 is 11.9 Å². The van der Waals surface area contributed by atoms with Crippen molar-refractivity contribution in [3.8, 4) is 0 Å². The summed E-state index contributed by atoms with van der Waals surface area (Å²) in [5, 5.41) is 6.59. The summed E-state index contributed by atoms with van der Waals surface area (Å²) in [5.41, 5.74) is 0.733. The van der Waals surface area contributed by atoms with Crippen LogP contribution in [0.25, 0.3) is 0 Å². The number of thiophene rings is 1. The van der Waals surface area contributed by atoms with Crippen LogP contribution in [0.2, 0.25) is 0 Å². The van der Waals surface area contributed by atoms with E-state index in [1.54, 1.807) is 35.8 Å². The van der Waals surface area contributed by atoms with Gasteiger partial charge in [0.1, 0.15) is 0 Å². The minimum absolute atomic E-state index is 0.282. The Bertz CT molecular complexity index is 526. The van der Waals surface area contributed by atoms with Gasteiger partial charge < -0.3 is 5.32 Å². The molecule has 0 saturated heterocycles. The molecule has 2 heterocycles. The number of imide groups is 1. The van der Waals surface area contributed by atoms with Crippen molar-refractivity contribution >= 4 is 23.3 Å². The summed E-state index contributed by atoms with van der Waals surface area (Å²) in [7, 11) is 0. The SMILES string of the molecule is O=C(NCc1ccccn1)NC(=O)c1cccs1. The number of amides is 3. The number of hydrogen-bond acceptors (Lipinski definition) is 4. The second-order valence-electron chi connectivity index (χ2n) is 3.44. The third kappa shape index (κ3) is 3.39. The molecule has 0 fully saturated rings. The molecule has 0 aliphatic heterocycles. The van der Waals surface area contributed by atoms with Crippen molar-refractivity contribution in [1.29, 1.82) is 0 Å². The normalized spacial score (nSPS) is 9.78. The quantitative estimate of drug-likeness (QED) is 0.884. The molecule has 2 rings (SSSR count). The van der Waals surface area contributed by atoms with Crippen LogP contribution >= 0.6 is 11.3 Å². The van der Waals surface area contributed by atoms with E-state index in [0.29, 0.717) is 4.88 Å². The van der Waals surface area contributed by atoms with Crippen molar-refractivity contribution in [2.45, 2.75) is 6.54 Å². The number of aromatic nitrogens is 1. The lowest BCUT2D eigenvalue weighted by atomic mass is 10.3. The first-order valence-corrected chi connectivity index (χ1v) is 6.16. The molecule has 0 aromatic carbocycles. The van der Waals surface area contributed by atoms with Gasteiger partial charge in [-0.25, -0.2) is 4.79 Å². The lowest BCUT2D eigenvalue weighted by Gasteiger charge is -2.05. The van der Waals surface area contributed by atoms with Gasteiger partial charge in [0.25, 0.3) is 5.91 Å². The second kappa shape index (κ2) is 5.92. The van der Waals surface area contributed by atoms with Gasteiger partial charge in [-0.2, -0.15) is 0 Å². The van der Waals surface area contributed by atoms with Gasteiger partial charge in [-0.05, 0) is 23.6 Å². The monoisotopic (exact) mass is 261 g/mol. The molecule has 0 bridgehead atoms. The Morgan fingerprint density at radius 3 is 2.78 bits per heavy atom. The Morgan fingerprint density at radius 1 is 1.22 bits per heavy atom. The highest BCUT2D eigenvalue weighted by molar-refractivity contribution is 7.12. The molecule has 0 radical (unpaired) electrons. The number of carbonyl (C=O) groups excluding carboxylic acids is 2. The van der Waals surface area contributed by atoms with E-state index in [2.05, 4.69) is 15.6 Å². The molecule has 0 aliphatic rings. The van der Waals surface area contributed by atoms with Crippen molar-refractivity contribution in [3.63, 3.8) is 0 Å². The summed E-state index contributed by atoms with van der Waals surface area (Å²) >= 11 is 1.28. The van der Waals surface area contributed by atoms with Crippen LogP contribution in [-0.4, -0.2) is 16.9 Å². The Hall–Kier alpha value is -2.21. The van der Waals surface area contributed by atoms with Gasteiger partial charge in [-0.3, -0.25) is 15.1 Å². The Balaban J connectivity index is 1.81. The first-order chi connectivity index (χ1) is 8.75. The van der Waals surface area contributed by atoms with Crippen molar-refractivity contribution in [2.75, 3.05) is 0 Å². The van der Waals surface area contributed by atoms with Gasteiger partial charge >= 0.3 is 6.03 Å². The number of carbonyl (C=O) groups is 2. The van der Waals surface area contributed by atoms with E-state index >= 15 is 0 Å². The van der Waals surface area contributed by atoms with Gasteiger partial charge in [0.2, 0.25) is 0 Å². The number of urea groups is 1. The van der Waals surface area contributed by atoms with E-state index in [-0.39, 0.29) is 6.54 Å². The van der Waals surface area contributed by atoms with Crippen LogP contribution in [0.5, 0.6) is 0 Å². The summed E-state index contributed by atoms with van der Waals surface area (Å²) in [5.74, 6) is -0.400. The summed E-state index contributed by atoms with van der Waals surface area (Å²) < 4.78 is 0. The summed E-state index contributed by atoms with van der Waals surface area (Å²) in [6, 6.07) is 8.31. The molecule has 6 heteroatoms. The van der Waals surface area contributed by atoms with Crippen LogP contribution in [0.1, 0.15) is 15.4 Å². The molecule has 2 N–H and O–H groups in total. The molecular formula is C12H11N3O2S. The fourth-order valence-corrected chi connectivity index (χ4v) is 1.91. The lowest BCUT2D eigenvalue weighted by Crippen LogP contribution is -2.38. The van der Waals surface area contributed by atoms with Crippen molar-refractivity contribution in [1.82, 2.24) is 15.6 Å². The molecule has 92 valence electrons. The van der Waals surface area contributed by atoms with Gasteiger partial charge in [-0.1, -0.05) is 12.1 Å². The predicted octanol–water partition coefficient (Wildman–Crippen LogP) is 1.78. The summed E-state index contributed by atoms with van der Waals surface area (Å²) in [6.07, 6.45) is 1.64. The van der Waals surface area contributed by atoms with Crippen LogP contribution in [0.4, 0.5) is 4.79 Å². The summed E-state index contributed by atoms with van der Waals surface area (Å²) in [6.45, 7) is 0.282. The zero-order chi connectivity index (χ0) is 12.8. The lowest BCUT2D eigenvalue weighted by molar-refractivity contribution is 0.0968. The predicted molar refractivity (Wildman–Crippen MR) is 68.3 cm³/mol. The van der Waals surface area contributed by atoms with Gasteiger partial charge in [0, 0.05) is 6.20 Å². The fourth-order valence-electron chi connectivity index (χ4n) is 1.29. The van der Waals surface area contributed by atoms with Gasteiger partial charge in [0.15, 0.2) is 0 Å². The average molecular weight is 261 g/mol. The van der Waals surface area contributed by atoms with Crippen molar-refractivity contribution in [2.24, 2.45) is 0 Å². The highest BCUT2D eigenvalue weighted by Gasteiger charge is 2.10. The maximum Gasteiger partial charge on any atom is 0.322 e.